The minimum absolute atomic E-state index is 0.210. The lowest BCUT2D eigenvalue weighted by atomic mass is 10.0. The van der Waals surface area contributed by atoms with Crippen LogP contribution >= 0.6 is 0 Å². The number of hydrogen-bond acceptors (Lipinski definition) is 1. The molecule has 8 heteroatoms. The van der Waals surface area contributed by atoms with Crippen LogP contribution in [0.5, 0.6) is 0 Å². The Morgan fingerprint density at radius 3 is 1.81 bits per heavy atom. The van der Waals surface area contributed by atoms with Crippen molar-refractivity contribution in [2.24, 2.45) is 17.6 Å². The van der Waals surface area contributed by atoms with E-state index in [1.54, 1.807) is 0 Å². The maximum absolute atomic E-state index is 12.7. The van der Waals surface area contributed by atoms with Gasteiger partial charge in [-0.2, -0.15) is 26.3 Å². The largest absolute Gasteiger partial charge is 0.393 e. The Hall–Kier alpha value is -1.73. The number of carbonyl (C=O) groups is 1. The number of alkyl halides is 6. The van der Waals surface area contributed by atoms with Crippen molar-refractivity contribution in [3.63, 3.8) is 0 Å². The molecule has 21 heavy (non-hydrogen) atoms. The van der Waals surface area contributed by atoms with E-state index in [0.717, 1.165) is 24.3 Å². The predicted molar refractivity (Wildman–Crippen MR) is 61.2 cm³/mol. The normalized spacial score (nSPS) is 27.8. The summed E-state index contributed by atoms with van der Waals surface area (Å²) in [4.78, 5) is 11.0. The molecule has 0 aromatic heterocycles. The minimum Gasteiger partial charge on any atom is -0.369 e. The number of carbonyl (C=O) groups excluding carboxylic acids is 1. The average molecular weight is 313 g/mol. The van der Waals surface area contributed by atoms with Crippen LogP contribution in [-0.4, -0.2) is 18.3 Å². The van der Waals surface area contributed by atoms with E-state index in [1.807, 2.05) is 0 Å². The summed E-state index contributed by atoms with van der Waals surface area (Å²) in [6.45, 7) is 0. The van der Waals surface area contributed by atoms with Crippen molar-refractivity contribution >= 4 is 5.91 Å². The first-order chi connectivity index (χ1) is 10.3. The standard InChI is InChI=1S/C13H11F6NO/c14-12(15,16)10-9(11(10)13(17,18)19)7-3-1-6(2-4-7)5-8(20)21/h1-4,9-11H,5H2,(H2,20,21)/i5D2. The maximum Gasteiger partial charge on any atom is 0.393 e. The number of primary amides is 1. The first-order valence-corrected chi connectivity index (χ1v) is 5.81. The van der Waals surface area contributed by atoms with Crippen LogP contribution in [0, 0.1) is 11.8 Å². The number of amides is 1. The number of benzene rings is 1. The molecule has 2 rings (SSSR count). The Balaban J connectivity index is 2.31. The van der Waals surface area contributed by atoms with Crippen molar-refractivity contribution < 1.29 is 33.9 Å². The van der Waals surface area contributed by atoms with E-state index < -0.39 is 42.4 Å². The molecular formula is C13H11F6NO. The predicted octanol–water partition coefficient (Wildman–Crippen LogP) is 3.17. The van der Waals surface area contributed by atoms with Gasteiger partial charge in [-0.15, -0.1) is 0 Å². The lowest BCUT2D eigenvalue weighted by Crippen LogP contribution is -2.19. The number of hydrogen-bond donors (Lipinski definition) is 1. The molecule has 1 fully saturated rings. The van der Waals surface area contributed by atoms with Crippen molar-refractivity contribution in [3.8, 4) is 0 Å². The average Bonchev–Trinajstić information content (AvgIpc) is 3.13. The molecular weight excluding hydrogens is 300 g/mol. The van der Waals surface area contributed by atoms with E-state index in [2.05, 4.69) is 0 Å². The molecule has 0 spiro atoms. The van der Waals surface area contributed by atoms with Crippen LogP contribution in [0.4, 0.5) is 26.3 Å². The molecule has 0 radical (unpaired) electrons. The molecule has 1 aliphatic rings. The van der Waals surface area contributed by atoms with E-state index in [4.69, 9.17) is 8.48 Å². The maximum atomic E-state index is 12.7. The van der Waals surface area contributed by atoms with Crippen LogP contribution in [-0.2, 0) is 11.2 Å². The van der Waals surface area contributed by atoms with Gasteiger partial charge in [-0.3, -0.25) is 4.79 Å². The van der Waals surface area contributed by atoms with Gasteiger partial charge in [0, 0.05) is 8.66 Å². The van der Waals surface area contributed by atoms with Gasteiger partial charge in [0.15, 0.2) is 0 Å². The molecule has 1 aromatic carbocycles. The molecule has 116 valence electrons. The number of halogens is 6. The second kappa shape index (κ2) is 4.92. The zero-order valence-electron chi connectivity index (χ0n) is 12.3. The van der Waals surface area contributed by atoms with Crippen LogP contribution < -0.4 is 5.73 Å². The van der Waals surface area contributed by atoms with Gasteiger partial charge in [0.2, 0.25) is 5.91 Å². The highest BCUT2D eigenvalue weighted by atomic mass is 19.4. The van der Waals surface area contributed by atoms with Crippen LogP contribution in [0.15, 0.2) is 24.3 Å². The van der Waals surface area contributed by atoms with E-state index in [0.29, 0.717) is 0 Å². The molecule has 1 aromatic rings. The van der Waals surface area contributed by atoms with E-state index in [9.17, 15) is 31.1 Å². The van der Waals surface area contributed by atoms with Crippen LogP contribution in [0.2, 0.25) is 0 Å². The minimum atomic E-state index is -4.98. The smallest absolute Gasteiger partial charge is 0.369 e. The van der Waals surface area contributed by atoms with Gasteiger partial charge in [0.25, 0.3) is 0 Å². The third kappa shape index (κ3) is 3.30. The first kappa shape index (κ1) is 13.0. The molecule has 2 N–H and O–H groups in total. The monoisotopic (exact) mass is 313 g/mol. The fraction of sp³-hybridized carbons (Fsp3) is 0.462. The molecule has 2 unspecified atom stereocenters. The Morgan fingerprint density at radius 1 is 1.05 bits per heavy atom. The lowest BCUT2D eigenvalue weighted by molar-refractivity contribution is -0.191. The van der Waals surface area contributed by atoms with Gasteiger partial charge in [-0.05, 0) is 11.1 Å². The zero-order valence-corrected chi connectivity index (χ0v) is 10.3. The molecule has 0 heterocycles. The van der Waals surface area contributed by atoms with Crippen molar-refractivity contribution in [2.75, 3.05) is 0 Å². The molecule has 1 aliphatic carbocycles. The van der Waals surface area contributed by atoms with E-state index >= 15 is 0 Å². The third-order valence-corrected chi connectivity index (χ3v) is 3.34. The molecule has 0 saturated heterocycles. The second-order valence-corrected chi connectivity index (χ2v) is 4.77. The molecule has 2 atom stereocenters. The summed E-state index contributed by atoms with van der Waals surface area (Å²) in [5, 5.41) is 0. The highest BCUT2D eigenvalue weighted by molar-refractivity contribution is 5.76. The number of rotatable bonds is 3. The van der Waals surface area contributed by atoms with Gasteiger partial charge in [-0.1, -0.05) is 24.3 Å². The van der Waals surface area contributed by atoms with Crippen LogP contribution in [0.3, 0.4) is 0 Å². The Kier molecular flexibility index (Phi) is 3.04. The molecule has 1 saturated carbocycles. The molecule has 0 aliphatic heterocycles. The summed E-state index contributed by atoms with van der Waals surface area (Å²) < 4.78 is 91.1. The fourth-order valence-corrected chi connectivity index (χ4v) is 2.47. The topological polar surface area (TPSA) is 43.1 Å². The van der Waals surface area contributed by atoms with Gasteiger partial charge >= 0.3 is 12.4 Å². The summed E-state index contributed by atoms with van der Waals surface area (Å²) in [5.74, 6) is -8.09. The van der Waals surface area contributed by atoms with Crippen molar-refractivity contribution in [1.82, 2.24) is 0 Å². The molecule has 0 bridgehead atoms. The summed E-state index contributed by atoms with van der Waals surface area (Å²) >= 11 is 0. The van der Waals surface area contributed by atoms with Crippen molar-refractivity contribution in [3.05, 3.63) is 35.4 Å². The third-order valence-electron chi connectivity index (χ3n) is 3.34. The highest BCUT2D eigenvalue weighted by Gasteiger charge is 2.73. The van der Waals surface area contributed by atoms with Crippen LogP contribution in [0.1, 0.15) is 19.8 Å². The molecule has 1 amide bonds. The summed E-state index contributed by atoms with van der Waals surface area (Å²) in [6.07, 6.45) is -12.5. The van der Waals surface area contributed by atoms with E-state index in [1.165, 1.54) is 0 Å². The molecule has 2 nitrogen and oxygen atoms in total. The van der Waals surface area contributed by atoms with Crippen molar-refractivity contribution in [2.45, 2.75) is 24.6 Å². The van der Waals surface area contributed by atoms with E-state index in [-0.39, 0.29) is 11.1 Å². The first-order valence-electron chi connectivity index (χ1n) is 6.81. The lowest BCUT2D eigenvalue weighted by Gasteiger charge is -2.07. The summed E-state index contributed by atoms with van der Waals surface area (Å²) in [7, 11) is 0. The SMILES string of the molecule is [2H]C([2H])(C(N)=O)c1ccc(C2C(C(F)(F)F)C2C(F)(F)F)cc1. The van der Waals surface area contributed by atoms with Crippen LogP contribution in [0.25, 0.3) is 0 Å². The quantitative estimate of drug-likeness (QED) is 0.856. The second-order valence-electron chi connectivity index (χ2n) is 4.77. The van der Waals surface area contributed by atoms with Gasteiger partial charge in [0.05, 0.1) is 18.2 Å². The Bertz CT molecular complexity index is 590. The Labute approximate surface area is 118 Å². The zero-order chi connectivity index (χ0) is 17.8. The van der Waals surface area contributed by atoms with Gasteiger partial charge in [-0.25, -0.2) is 0 Å². The van der Waals surface area contributed by atoms with Gasteiger partial charge < -0.3 is 5.73 Å². The highest BCUT2D eigenvalue weighted by Crippen LogP contribution is 2.66. The van der Waals surface area contributed by atoms with Crippen molar-refractivity contribution in [1.29, 1.82) is 0 Å². The summed E-state index contributed by atoms with van der Waals surface area (Å²) in [5.41, 5.74) is 4.42. The fourth-order valence-electron chi connectivity index (χ4n) is 2.47. The Morgan fingerprint density at radius 2 is 1.48 bits per heavy atom. The summed E-state index contributed by atoms with van der Waals surface area (Å²) in [6, 6.07) is 3.87. The van der Waals surface area contributed by atoms with Gasteiger partial charge in [0.1, 0.15) is 0 Å². The number of nitrogens with two attached hydrogens (primary N) is 1.